The van der Waals surface area contributed by atoms with Gasteiger partial charge in [0.2, 0.25) is 0 Å². The average Bonchev–Trinajstić information content (AvgIpc) is 2.90. The molecule has 3 aliphatic carbocycles. The number of hydrogen-bond donors (Lipinski definition) is 3. The SMILES string of the molecule is C=C1[C@@H](OC(=O)CC(c2ccccc2)N(C)C)CC[C@]2(C)[C@@H]1[C@@H](O)[C@@H]1CC(=O)C(C)=C([C@@H](O)[C@@]2(O)CC(=O)[O-])C1(C)C. The van der Waals surface area contributed by atoms with E-state index in [4.69, 9.17) is 4.74 Å². The van der Waals surface area contributed by atoms with E-state index < -0.39 is 64.9 Å². The molecule has 2 bridgehead atoms. The van der Waals surface area contributed by atoms with Gasteiger partial charge in [-0.15, -0.1) is 0 Å². The standard InChI is InChI=1S/C33H45NO8/c1-18-23(35)15-21-29(39)27-19(2)24(42-26(38)16-22(34(6)7)20-11-9-8-10-12-20)13-14-32(27,5)33(41,17-25(36)37)30(40)28(18)31(21,3)4/h8-12,21-22,24,27,29-30,39-41H,2,13-17H2,1,3-7H3,(H,36,37)/p-1/t21-,22?,24-,27-,29-,30+,32+,33-/m0/s1. The van der Waals surface area contributed by atoms with Crippen molar-refractivity contribution in [3.8, 4) is 0 Å². The van der Waals surface area contributed by atoms with Crippen LogP contribution in [0.1, 0.15) is 71.4 Å². The van der Waals surface area contributed by atoms with Crippen molar-refractivity contribution in [3.05, 3.63) is 59.2 Å². The van der Waals surface area contributed by atoms with Crippen LogP contribution in [0, 0.1) is 22.7 Å². The molecule has 9 nitrogen and oxygen atoms in total. The summed E-state index contributed by atoms with van der Waals surface area (Å²) in [6.07, 6.45) is -4.28. The quantitative estimate of drug-likeness (QED) is 0.325. The first kappa shape index (κ1) is 32.1. The van der Waals surface area contributed by atoms with Crippen LogP contribution >= 0.6 is 0 Å². The van der Waals surface area contributed by atoms with Gasteiger partial charge in [0.1, 0.15) is 17.8 Å². The van der Waals surface area contributed by atoms with Crippen molar-refractivity contribution < 1.29 is 39.5 Å². The fraction of sp³-hybridized carbons (Fsp3) is 0.606. The second kappa shape index (κ2) is 11.3. The van der Waals surface area contributed by atoms with Crippen LogP contribution in [0.4, 0.5) is 0 Å². The van der Waals surface area contributed by atoms with Gasteiger partial charge in [-0.2, -0.15) is 0 Å². The van der Waals surface area contributed by atoms with Gasteiger partial charge in [-0.25, -0.2) is 0 Å². The molecule has 0 spiro atoms. The number of fused-ring (bicyclic) bond motifs is 3. The first-order valence-corrected chi connectivity index (χ1v) is 14.6. The Bertz CT molecular complexity index is 1290. The number of carboxylic acids is 1. The number of carbonyl (C=O) groups excluding carboxylic acids is 3. The van der Waals surface area contributed by atoms with E-state index in [2.05, 4.69) is 6.58 Å². The molecule has 2 fully saturated rings. The van der Waals surface area contributed by atoms with Crippen molar-refractivity contribution in [1.29, 1.82) is 0 Å². The van der Waals surface area contributed by atoms with E-state index in [9.17, 15) is 34.8 Å². The van der Waals surface area contributed by atoms with E-state index >= 15 is 0 Å². The number of esters is 1. The molecule has 3 N–H and O–H groups in total. The third kappa shape index (κ3) is 5.14. The Balaban J connectivity index is 1.73. The smallest absolute Gasteiger partial charge is 0.308 e. The number of rotatable bonds is 7. The van der Waals surface area contributed by atoms with Crippen LogP contribution in [0.3, 0.4) is 0 Å². The molecule has 1 unspecified atom stereocenters. The third-order valence-corrected chi connectivity index (χ3v) is 10.6. The number of allylic oxidation sites excluding steroid dienone is 1. The Morgan fingerprint density at radius 2 is 1.79 bits per heavy atom. The highest BCUT2D eigenvalue weighted by molar-refractivity contribution is 5.97. The number of ketones is 1. The summed E-state index contributed by atoms with van der Waals surface area (Å²) in [7, 11) is 3.75. The van der Waals surface area contributed by atoms with E-state index in [0.29, 0.717) is 5.57 Å². The lowest BCUT2D eigenvalue weighted by Crippen LogP contribution is -2.69. The molecule has 0 aromatic heterocycles. The van der Waals surface area contributed by atoms with Crippen molar-refractivity contribution in [2.75, 3.05) is 14.1 Å². The zero-order valence-corrected chi connectivity index (χ0v) is 25.4. The number of ether oxygens (including phenoxy) is 1. The molecule has 0 aliphatic heterocycles. The van der Waals surface area contributed by atoms with Crippen molar-refractivity contribution in [2.45, 2.75) is 89.8 Å². The summed E-state index contributed by atoms with van der Waals surface area (Å²) in [6.45, 7) is 11.0. The predicted octanol–water partition coefficient (Wildman–Crippen LogP) is 2.10. The first-order valence-electron chi connectivity index (χ1n) is 14.6. The Kier molecular flexibility index (Phi) is 8.66. The van der Waals surface area contributed by atoms with Crippen molar-refractivity contribution in [3.63, 3.8) is 0 Å². The van der Waals surface area contributed by atoms with Gasteiger partial charge in [0, 0.05) is 42.1 Å². The Hall–Kier alpha value is -2.85. The second-order valence-corrected chi connectivity index (χ2v) is 13.4. The van der Waals surface area contributed by atoms with Crippen LogP contribution in [0.15, 0.2) is 53.6 Å². The third-order valence-electron chi connectivity index (χ3n) is 10.6. The summed E-state index contributed by atoms with van der Waals surface area (Å²) in [5, 5.41) is 48.1. The van der Waals surface area contributed by atoms with E-state index in [1.807, 2.05) is 49.3 Å². The minimum atomic E-state index is -2.31. The van der Waals surface area contributed by atoms with Gasteiger partial charge >= 0.3 is 5.97 Å². The summed E-state index contributed by atoms with van der Waals surface area (Å²) in [6, 6.07) is 9.34. The number of hydrogen-bond acceptors (Lipinski definition) is 9. The van der Waals surface area contributed by atoms with Crippen LogP contribution < -0.4 is 5.11 Å². The monoisotopic (exact) mass is 582 g/mol. The summed E-state index contributed by atoms with van der Waals surface area (Å²) >= 11 is 0. The number of aliphatic carboxylic acids is 1. The second-order valence-electron chi connectivity index (χ2n) is 13.4. The molecule has 0 heterocycles. The molecule has 9 heteroatoms. The van der Waals surface area contributed by atoms with E-state index in [-0.39, 0.29) is 48.7 Å². The van der Waals surface area contributed by atoms with Crippen molar-refractivity contribution >= 4 is 17.7 Å². The summed E-state index contributed by atoms with van der Waals surface area (Å²) in [5.74, 6) is -3.97. The molecule has 230 valence electrons. The van der Waals surface area contributed by atoms with Crippen LogP contribution in [0.5, 0.6) is 0 Å². The number of benzene rings is 1. The number of carbonyl (C=O) groups is 3. The van der Waals surface area contributed by atoms with Crippen LogP contribution in [-0.4, -0.2) is 75.9 Å². The molecule has 3 aliphatic rings. The maximum Gasteiger partial charge on any atom is 0.308 e. The number of aliphatic hydroxyl groups excluding tert-OH is 2. The molecule has 0 saturated heterocycles. The highest BCUT2D eigenvalue weighted by Gasteiger charge is 2.66. The van der Waals surface area contributed by atoms with Gasteiger partial charge < -0.3 is 34.9 Å². The molecular formula is C33H44NO8-. The molecule has 42 heavy (non-hydrogen) atoms. The number of aliphatic hydroxyl groups is 3. The van der Waals surface area contributed by atoms with Crippen molar-refractivity contribution in [2.24, 2.45) is 22.7 Å². The zero-order chi connectivity index (χ0) is 31.4. The lowest BCUT2D eigenvalue weighted by Gasteiger charge is -2.62. The summed E-state index contributed by atoms with van der Waals surface area (Å²) < 4.78 is 5.97. The Morgan fingerprint density at radius 1 is 1.17 bits per heavy atom. The lowest BCUT2D eigenvalue weighted by atomic mass is 9.45. The highest BCUT2D eigenvalue weighted by Crippen LogP contribution is 2.62. The minimum absolute atomic E-state index is 0.0149. The summed E-state index contributed by atoms with van der Waals surface area (Å²) in [4.78, 5) is 40.4. The van der Waals surface area contributed by atoms with Gasteiger partial charge in [-0.1, -0.05) is 57.7 Å². The Morgan fingerprint density at radius 3 is 2.36 bits per heavy atom. The maximum atomic E-state index is 13.3. The summed E-state index contributed by atoms with van der Waals surface area (Å²) in [5.41, 5.74) is -2.89. The fourth-order valence-corrected chi connectivity index (χ4v) is 8.08. The van der Waals surface area contributed by atoms with Crippen LogP contribution in [-0.2, 0) is 19.1 Å². The predicted molar refractivity (Wildman–Crippen MR) is 154 cm³/mol. The lowest BCUT2D eigenvalue weighted by molar-refractivity contribution is -0.316. The molecule has 4 rings (SSSR count). The van der Waals surface area contributed by atoms with Gasteiger partial charge in [0.15, 0.2) is 5.78 Å². The first-order chi connectivity index (χ1) is 19.5. The maximum absolute atomic E-state index is 13.3. The molecule has 8 atom stereocenters. The van der Waals surface area contributed by atoms with E-state index in [1.54, 1.807) is 27.7 Å². The van der Waals surface area contributed by atoms with Gasteiger partial charge in [0.05, 0.1) is 12.5 Å². The number of nitrogens with zero attached hydrogens (tertiary/aromatic N) is 1. The average molecular weight is 583 g/mol. The fourth-order valence-electron chi connectivity index (χ4n) is 8.08. The minimum Gasteiger partial charge on any atom is -0.550 e. The number of Topliss-reactive ketones (excluding diaryl/α,β-unsaturated/α-hetero) is 1. The Labute approximate surface area is 247 Å². The number of carboxylic acid groups (broad SMARTS) is 1. The van der Waals surface area contributed by atoms with Gasteiger partial charge in [-0.3, -0.25) is 9.59 Å². The topological polar surface area (TPSA) is 147 Å². The largest absolute Gasteiger partial charge is 0.550 e. The van der Waals surface area contributed by atoms with Crippen LogP contribution in [0.25, 0.3) is 0 Å². The normalized spacial score (nSPS) is 35.2. The van der Waals surface area contributed by atoms with Crippen molar-refractivity contribution in [1.82, 2.24) is 4.90 Å². The van der Waals surface area contributed by atoms with Gasteiger partial charge in [0.25, 0.3) is 0 Å². The molecular weight excluding hydrogens is 538 g/mol. The molecule has 0 radical (unpaired) electrons. The molecule has 1 aromatic carbocycles. The molecule has 2 saturated carbocycles. The van der Waals surface area contributed by atoms with Crippen LogP contribution in [0.2, 0.25) is 0 Å². The molecule has 1 aromatic rings. The molecule has 0 amide bonds. The van der Waals surface area contributed by atoms with E-state index in [1.165, 1.54) is 0 Å². The van der Waals surface area contributed by atoms with E-state index in [0.717, 1.165) is 5.56 Å². The van der Waals surface area contributed by atoms with Gasteiger partial charge in [-0.05, 0) is 61.6 Å². The zero-order valence-electron chi connectivity index (χ0n) is 25.4. The highest BCUT2D eigenvalue weighted by atomic mass is 16.5.